The van der Waals surface area contributed by atoms with Crippen LogP contribution < -0.4 is 10.9 Å². The standard InChI is InChI=1S/C17H21N3O2S/c1-3-12(4-2)20-16-14(17(22)19-20)15(23-10-13(21)18-16)11-8-6-5-7-9-11/h5-9,12,15H,3-4,10H2,1-2H3,(H,18,21)(H,19,22)/t15-/m0/s1. The minimum atomic E-state index is -0.135. The quantitative estimate of drug-likeness (QED) is 0.903. The summed E-state index contributed by atoms with van der Waals surface area (Å²) < 4.78 is 1.84. The minimum absolute atomic E-state index is 0.0617. The van der Waals surface area contributed by atoms with Gasteiger partial charge in [-0.1, -0.05) is 44.2 Å². The predicted octanol–water partition coefficient (Wildman–Crippen LogP) is 3.31. The summed E-state index contributed by atoms with van der Waals surface area (Å²) in [5, 5.41) is 5.74. The largest absolute Gasteiger partial charge is 0.310 e. The molecule has 2 aromatic rings. The lowest BCUT2D eigenvalue weighted by Gasteiger charge is -2.18. The van der Waals surface area contributed by atoms with Crippen LogP contribution >= 0.6 is 11.8 Å². The van der Waals surface area contributed by atoms with Crippen LogP contribution in [0.5, 0.6) is 0 Å². The SMILES string of the molecule is CCC(CC)n1[nH]c(=O)c2c1NC(=O)CS[C@H]2c1ccccc1. The van der Waals surface area contributed by atoms with Crippen LogP contribution in [0.2, 0.25) is 0 Å². The van der Waals surface area contributed by atoms with E-state index >= 15 is 0 Å². The number of nitrogens with one attached hydrogen (secondary N) is 2. The predicted molar refractivity (Wildman–Crippen MR) is 94.0 cm³/mol. The lowest BCUT2D eigenvalue weighted by Crippen LogP contribution is -2.19. The van der Waals surface area contributed by atoms with Crippen LogP contribution in [0.25, 0.3) is 0 Å². The number of aromatic nitrogens is 2. The van der Waals surface area contributed by atoms with E-state index in [1.165, 1.54) is 11.8 Å². The summed E-state index contributed by atoms with van der Waals surface area (Å²) in [4.78, 5) is 24.7. The normalized spacial score (nSPS) is 17.7. The number of thioether (sulfide) groups is 1. The molecule has 1 atom stereocenters. The number of carbonyl (C=O) groups is 1. The number of H-pyrrole nitrogens is 1. The van der Waals surface area contributed by atoms with E-state index in [9.17, 15) is 9.59 Å². The van der Waals surface area contributed by atoms with Crippen molar-refractivity contribution in [1.82, 2.24) is 9.78 Å². The molecule has 0 unspecified atom stereocenters. The Morgan fingerprint density at radius 1 is 1.22 bits per heavy atom. The fraction of sp³-hybridized carbons (Fsp3) is 0.412. The number of carbonyl (C=O) groups excluding carboxylic acids is 1. The van der Waals surface area contributed by atoms with Gasteiger partial charge in [0.15, 0.2) is 0 Å². The van der Waals surface area contributed by atoms with Crippen LogP contribution in [-0.2, 0) is 4.79 Å². The summed E-state index contributed by atoms with van der Waals surface area (Å²) in [5.74, 6) is 0.914. The summed E-state index contributed by atoms with van der Waals surface area (Å²) in [7, 11) is 0. The lowest BCUT2D eigenvalue weighted by molar-refractivity contribution is -0.113. The van der Waals surface area contributed by atoms with Gasteiger partial charge in [0.1, 0.15) is 5.82 Å². The Hall–Kier alpha value is -1.95. The van der Waals surface area contributed by atoms with Crippen LogP contribution in [0.15, 0.2) is 35.1 Å². The van der Waals surface area contributed by atoms with Crippen LogP contribution in [0, 0.1) is 0 Å². The highest BCUT2D eigenvalue weighted by molar-refractivity contribution is 8.00. The molecule has 1 aromatic heterocycles. The van der Waals surface area contributed by atoms with Crippen molar-refractivity contribution in [3.8, 4) is 0 Å². The zero-order valence-corrected chi connectivity index (χ0v) is 14.2. The molecule has 2 N–H and O–H groups in total. The van der Waals surface area contributed by atoms with E-state index in [0.29, 0.717) is 17.1 Å². The molecule has 0 saturated heterocycles. The number of amides is 1. The number of rotatable bonds is 4. The van der Waals surface area contributed by atoms with E-state index in [4.69, 9.17) is 0 Å². The summed E-state index contributed by atoms with van der Waals surface area (Å²) in [6.45, 7) is 4.17. The highest BCUT2D eigenvalue weighted by atomic mass is 32.2. The molecule has 23 heavy (non-hydrogen) atoms. The molecule has 1 amide bonds. The Morgan fingerprint density at radius 3 is 2.57 bits per heavy atom. The number of benzene rings is 1. The van der Waals surface area contributed by atoms with Gasteiger partial charge in [-0.3, -0.25) is 19.4 Å². The van der Waals surface area contributed by atoms with E-state index in [2.05, 4.69) is 24.3 Å². The van der Waals surface area contributed by atoms with Gasteiger partial charge in [-0.05, 0) is 18.4 Å². The minimum Gasteiger partial charge on any atom is -0.310 e. The maximum Gasteiger partial charge on any atom is 0.270 e. The van der Waals surface area contributed by atoms with Crippen LogP contribution in [0.3, 0.4) is 0 Å². The smallest absolute Gasteiger partial charge is 0.270 e. The summed E-state index contributed by atoms with van der Waals surface area (Å²) in [6, 6.07) is 10.1. The first-order valence-corrected chi connectivity index (χ1v) is 9.01. The van der Waals surface area contributed by atoms with Crippen molar-refractivity contribution >= 4 is 23.5 Å². The maximum absolute atomic E-state index is 12.6. The Kier molecular flexibility index (Phi) is 4.61. The third-order valence-corrected chi connectivity index (χ3v) is 5.54. The number of hydrogen-bond donors (Lipinski definition) is 2. The second-order valence-electron chi connectivity index (χ2n) is 5.69. The van der Waals surface area contributed by atoms with Crippen molar-refractivity contribution in [2.75, 3.05) is 11.1 Å². The third kappa shape index (κ3) is 2.95. The van der Waals surface area contributed by atoms with Gasteiger partial charge in [0.05, 0.1) is 22.6 Å². The third-order valence-electron chi connectivity index (χ3n) is 4.27. The molecule has 0 saturated carbocycles. The van der Waals surface area contributed by atoms with Gasteiger partial charge in [0, 0.05) is 0 Å². The highest BCUT2D eigenvalue weighted by Gasteiger charge is 2.31. The first-order chi connectivity index (χ1) is 11.2. The lowest BCUT2D eigenvalue weighted by atomic mass is 10.1. The monoisotopic (exact) mass is 331 g/mol. The van der Waals surface area contributed by atoms with Gasteiger partial charge in [0.2, 0.25) is 5.91 Å². The Bertz CT molecular complexity index is 747. The molecule has 6 heteroatoms. The molecule has 1 aliphatic heterocycles. The van der Waals surface area contributed by atoms with Crippen LogP contribution in [-0.4, -0.2) is 21.4 Å². The van der Waals surface area contributed by atoms with Gasteiger partial charge in [0.25, 0.3) is 5.56 Å². The molecular weight excluding hydrogens is 310 g/mol. The molecule has 0 radical (unpaired) electrons. The Morgan fingerprint density at radius 2 is 1.91 bits per heavy atom. The number of aromatic amines is 1. The van der Waals surface area contributed by atoms with Crippen molar-refractivity contribution in [3.05, 3.63) is 51.8 Å². The van der Waals surface area contributed by atoms with Crippen molar-refractivity contribution in [2.24, 2.45) is 0 Å². The van der Waals surface area contributed by atoms with E-state index in [1.54, 1.807) is 0 Å². The average Bonchev–Trinajstić information content (AvgIpc) is 2.77. The van der Waals surface area contributed by atoms with E-state index in [1.807, 2.05) is 35.0 Å². The molecule has 5 nitrogen and oxygen atoms in total. The van der Waals surface area contributed by atoms with Crippen molar-refractivity contribution in [3.63, 3.8) is 0 Å². The number of fused-ring (bicyclic) bond motifs is 1. The fourth-order valence-corrected chi connectivity index (χ4v) is 4.19. The molecule has 2 heterocycles. The van der Waals surface area contributed by atoms with Crippen LogP contribution in [0.1, 0.15) is 49.1 Å². The van der Waals surface area contributed by atoms with Crippen molar-refractivity contribution in [2.45, 2.75) is 38.0 Å². The van der Waals surface area contributed by atoms with E-state index in [0.717, 1.165) is 18.4 Å². The molecule has 0 fully saturated rings. The molecule has 0 aliphatic carbocycles. The van der Waals surface area contributed by atoms with Gasteiger partial charge in [-0.15, -0.1) is 11.8 Å². The fourth-order valence-electron chi connectivity index (χ4n) is 3.06. The molecule has 3 rings (SSSR count). The summed E-state index contributed by atoms with van der Waals surface area (Å²) >= 11 is 1.50. The first kappa shape index (κ1) is 15.9. The molecule has 0 spiro atoms. The molecule has 0 bridgehead atoms. The Balaban J connectivity index is 2.16. The number of anilines is 1. The van der Waals surface area contributed by atoms with Gasteiger partial charge in [-0.2, -0.15) is 0 Å². The Labute approximate surface area is 139 Å². The average molecular weight is 331 g/mol. The zero-order valence-electron chi connectivity index (χ0n) is 13.3. The topological polar surface area (TPSA) is 66.9 Å². The summed E-state index contributed by atoms with van der Waals surface area (Å²) in [6.07, 6.45) is 1.79. The van der Waals surface area contributed by atoms with Gasteiger partial charge in [-0.25, -0.2) is 0 Å². The zero-order chi connectivity index (χ0) is 16.4. The van der Waals surface area contributed by atoms with Crippen LogP contribution in [0.4, 0.5) is 5.82 Å². The second kappa shape index (κ2) is 6.66. The van der Waals surface area contributed by atoms with Gasteiger partial charge >= 0.3 is 0 Å². The van der Waals surface area contributed by atoms with Gasteiger partial charge < -0.3 is 5.32 Å². The van der Waals surface area contributed by atoms with Crippen molar-refractivity contribution < 1.29 is 4.79 Å². The molecule has 1 aliphatic rings. The highest BCUT2D eigenvalue weighted by Crippen LogP contribution is 2.40. The van der Waals surface area contributed by atoms with Crippen molar-refractivity contribution in [1.29, 1.82) is 0 Å². The molecule has 1 aromatic carbocycles. The first-order valence-electron chi connectivity index (χ1n) is 7.96. The number of nitrogens with zero attached hydrogens (tertiary/aromatic N) is 1. The van der Waals surface area contributed by atoms with E-state index in [-0.39, 0.29) is 22.8 Å². The van der Waals surface area contributed by atoms with E-state index < -0.39 is 0 Å². The maximum atomic E-state index is 12.6. The molecular formula is C17H21N3O2S. The molecule has 122 valence electrons. The second-order valence-corrected chi connectivity index (χ2v) is 6.79. The summed E-state index contributed by atoms with van der Waals surface area (Å²) in [5.41, 5.74) is 1.58. The number of hydrogen-bond acceptors (Lipinski definition) is 3.